The molecule has 0 aromatic carbocycles. The van der Waals surface area contributed by atoms with Crippen LogP contribution in [0.4, 0.5) is 0 Å². The number of hydrogen-bond donors (Lipinski definition) is 3. The van der Waals surface area contributed by atoms with Gasteiger partial charge in [-0.1, -0.05) is 6.92 Å². The van der Waals surface area contributed by atoms with Crippen LogP contribution in [0.5, 0.6) is 0 Å². The highest BCUT2D eigenvalue weighted by Gasteiger charge is 2.27. The van der Waals surface area contributed by atoms with Crippen LogP contribution >= 0.6 is 0 Å². The van der Waals surface area contributed by atoms with Gasteiger partial charge < -0.3 is 10.4 Å². The quantitative estimate of drug-likeness (QED) is 0.608. The lowest BCUT2D eigenvalue weighted by molar-refractivity contribution is -0.147. The molecule has 0 aromatic rings. The van der Waals surface area contributed by atoms with Gasteiger partial charge in [-0.3, -0.25) is 9.59 Å². The summed E-state index contributed by atoms with van der Waals surface area (Å²) in [6.45, 7) is 5.40. The molecule has 0 radical (unpaired) electrons. The summed E-state index contributed by atoms with van der Waals surface area (Å²) in [5.41, 5.74) is -0.955. The summed E-state index contributed by atoms with van der Waals surface area (Å²) in [6, 6.07) is -0.0880. The molecule has 0 aliphatic heterocycles. The van der Waals surface area contributed by atoms with E-state index in [0.717, 1.165) is 25.7 Å². The number of sulfonamides is 1. The van der Waals surface area contributed by atoms with E-state index in [1.807, 2.05) is 0 Å². The summed E-state index contributed by atoms with van der Waals surface area (Å²) in [5.74, 6) is -1.56. The van der Waals surface area contributed by atoms with E-state index in [9.17, 15) is 18.0 Å². The van der Waals surface area contributed by atoms with E-state index in [0.29, 0.717) is 5.92 Å². The monoisotopic (exact) mass is 348 g/mol. The second kappa shape index (κ2) is 8.10. The van der Waals surface area contributed by atoms with Gasteiger partial charge in [0.2, 0.25) is 15.9 Å². The average Bonchev–Trinajstić information content (AvgIpc) is 2.40. The molecule has 23 heavy (non-hydrogen) atoms. The molecular formula is C15H28N2O5S. The average molecular weight is 348 g/mol. The molecule has 1 amide bonds. The molecule has 1 saturated carbocycles. The molecule has 0 aromatic heterocycles. The maximum absolute atomic E-state index is 12.0. The first kappa shape index (κ1) is 19.9. The van der Waals surface area contributed by atoms with Crippen molar-refractivity contribution < 1.29 is 23.1 Å². The molecule has 134 valence electrons. The Morgan fingerprint density at radius 1 is 1.17 bits per heavy atom. The van der Waals surface area contributed by atoms with Gasteiger partial charge in [0.25, 0.3) is 0 Å². The molecule has 7 nitrogen and oxygen atoms in total. The minimum absolute atomic E-state index is 0.0880. The number of amides is 1. The SMILES string of the molecule is CC1CCC(NS(=O)(=O)CC(=O)NCCC(C)(C)C(=O)O)CC1. The van der Waals surface area contributed by atoms with Crippen molar-refractivity contribution in [3.05, 3.63) is 0 Å². The highest BCUT2D eigenvalue weighted by atomic mass is 32.2. The molecule has 1 rings (SSSR count). The van der Waals surface area contributed by atoms with Crippen LogP contribution in [0.3, 0.4) is 0 Å². The Hall–Kier alpha value is -1.15. The van der Waals surface area contributed by atoms with Gasteiger partial charge in [-0.05, 0) is 51.9 Å². The number of carboxylic acid groups (broad SMARTS) is 1. The van der Waals surface area contributed by atoms with Crippen molar-refractivity contribution in [2.75, 3.05) is 12.3 Å². The Morgan fingerprint density at radius 3 is 2.26 bits per heavy atom. The number of carbonyl (C=O) groups is 2. The van der Waals surface area contributed by atoms with Gasteiger partial charge in [0.05, 0.1) is 5.41 Å². The van der Waals surface area contributed by atoms with Crippen molar-refractivity contribution in [2.24, 2.45) is 11.3 Å². The van der Waals surface area contributed by atoms with Gasteiger partial charge in [-0.2, -0.15) is 0 Å². The molecule has 1 fully saturated rings. The van der Waals surface area contributed by atoms with Crippen molar-refractivity contribution in [1.82, 2.24) is 10.0 Å². The standard InChI is InChI=1S/C15H28N2O5S/c1-11-4-6-12(7-5-11)17-23(21,22)10-13(18)16-9-8-15(2,3)14(19)20/h11-12,17H,4-10H2,1-3H3,(H,16,18)(H,19,20). The molecule has 3 N–H and O–H groups in total. The summed E-state index contributed by atoms with van der Waals surface area (Å²) in [4.78, 5) is 22.7. The number of aliphatic carboxylic acids is 1. The van der Waals surface area contributed by atoms with E-state index < -0.39 is 33.1 Å². The summed E-state index contributed by atoms with van der Waals surface area (Å²) in [7, 11) is -3.66. The van der Waals surface area contributed by atoms with E-state index in [1.165, 1.54) is 0 Å². The summed E-state index contributed by atoms with van der Waals surface area (Å²) < 4.78 is 26.6. The number of hydrogen-bond acceptors (Lipinski definition) is 4. The van der Waals surface area contributed by atoms with Gasteiger partial charge in [0.1, 0.15) is 5.75 Å². The van der Waals surface area contributed by atoms with Crippen molar-refractivity contribution in [3.63, 3.8) is 0 Å². The second-order valence-corrected chi connectivity index (χ2v) is 8.88. The zero-order valence-electron chi connectivity index (χ0n) is 14.1. The minimum Gasteiger partial charge on any atom is -0.481 e. The fraction of sp³-hybridized carbons (Fsp3) is 0.867. The first-order chi connectivity index (χ1) is 10.5. The molecule has 0 unspecified atom stereocenters. The Bertz CT molecular complexity index is 522. The molecule has 0 heterocycles. The Kier molecular flexibility index (Phi) is 7.01. The summed E-state index contributed by atoms with van der Waals surface area (Å²) in [5, 5.41) is 11.4. The lowest BCUT2D eigenvalue weighted by Gasteiger charge is -2.26. The molecular weight excluding hydrogens is 320 g/mol. The largest absolute Gasteiger partial charge is 0.481 e. The summed E-state index contributed by atoms with van der Waals surface area (Å²) in [6.07, 6.45) is 3.82. The van der Waals surface area contributed by atoms with Crippen LogP contribution in [-0.4, -0.2) is 43.7 Å². The van der Waals surface area contributed by atoms with Gasteiger partial charge in [0.15, 0.2) is 0 Å². The lowest BCUT2D eigenvalue weighted by atomic mass is 9.88. The smallest absolute Gasteiger partial charge is 0.309 e. The Morgan fingerprint density at radius 2 is 1.74 bits per heavy atom. The minimum atomic E-state index is -3.66. The van der Waals surface area contributed by atoms with Crippen molar-refractivity contribution in [1.29, 1.82) is 0 Å². The topological polar surface area (TPSA) is 113 Å². The molecule has 1 aliphatic rings. The van der Waals surface area contributed by atoms with Gasteiger partial charge in [-0.15, -0.1) is 0 Å². The number of carbonyl (C=O) groups excluding carboxylic acids is 1. The van der Waals surface area contributed by atoms with E-state index >= 15 is 0 Å². The summed E-state index contributed by atoms with van der Waals surface area (Å²) >= 11 is 0. The van der Waals surface area contributed by atoms with Gasteiger partial charge in [-0.25, -0.2) is 13.1 Å². The fourth-order valence-electron chi connectivity index (χ4n) is 2.52. The van der Waals surface area contributed by atoms with Crippen LogP contribution in [-0.2, 0) is 19.6 Å². The second-order valence-electron chi connectivity index (χ2n) is 7.12. The van der Waals surface area contributed by atoms with Gasteiger partial charge in [0, 0.05) is 12.6 Å². The van der Waals surface area contributed by atoms with E-state index in [-0.39, 0.29) is 19.0 Å². The predicted octanol–water partition coefficient (Wildman–Crippen LogP) is 1.10. The fourth-order valence-corrected chi connectivity index (χ4v) is 3.79. The van der Waals surface area contributed by atoms with Crippen molar-refractivity contribution in [3.8, 4) is 0 Å². The molecule has 0 atom stereocenters. The number of rotatable bonds is 8. The van der Waals surface area contributed by atoms with Crippen LogP contribution in [0.2, 0.25) is 0 Å². The van der Waals surface area contributed by atoms with Crippen LogP contribution in [0.25, 0.3) is 0 Å². The first-order valence-electron chi connectivity index (χ1n) is 8.02. The third kappa shape index (κ3) is 7.30. The zero-order valence-corrected chi connectivity index (χ0v) is 14.9. The molecule has 0 bridgehead atoms. The molecule has 8 heteroatoms. The maximum atomic E-state index is 12.0. The zero-order chi connectivity index (χ0) is 17.7. The van der Waals surface area contributed by atoms with E-state index in [4.69, 9.17) is 5.11 Å². The van der Waals surface area contributed by atoms with Crippen molar-refractivity contribution in [2.45, 2.75) is 58.9 Å². The molecule has 0 saturated heterocycles. The third-order valence-electron chi connectivity index (χ3n) is 4.33. The van der Waals surface area contributed by atoms with Crippen LogP contribution in [0, 0.1) is 11.3 Å². The Balaban J connectivity index is 2.36. The highest BCUT2D eigenvalue weighted by molar-refractivity contribution is 7.90. The predicted molar refractivity (Wildman–Crippen MR) is 87.4 cm³/mol. The van der Waals surface area contributed by atoms with E-state index in [1.54, 1.807) is 13.8 Å². The normalized spacial score (nSPS) is 22.6. The molecule has 1 aliphatic carbocycles. The highest BCUT2D eigenvalue weighted by Crippen LogP contribution is 2.23. The van der Waals surface area contributed by atoms with Gasteiger partial charge >= 0.3 is 5.97 Å². The van der Waals surface area contributed by atoms with Crippen LogP contribution in [0.1, 0.15) is 52.9 Å². The lowest BCUT2D eigenvalue weighted by Crippen LogP contribution is -2.43. The number of carboxylic acids is 1. The van der Waals surface area contributed by atoms with E-state index in [2.05, 4.69) is 17.0 Å². The Labute approximate surface area is 138 Å². The van der Waals surface area contributed by atoms with Crippen LogP contribution < -0.4 is 10.0 Å². The maximum Gasteiger partial charge on any atom is 0.309 e. The van der Waals surface area contributed by atoms with Crippen LogP contribution in [0.15, 0.2) is 0 Å². The third-order valence-corrected chi connectivity index (χ3v) is 5.67. The van der Waals surface area contributed by atoms with Crippen molar-refractivity contribution >= 4 is 21.9 Å². The first-order valence-corrected chi connectivity index (χ1v) is 9.67. The molecule has 0 spiro atoms. The number of nitrogens with one attached hydrogen (secondary N) is 2.